The Morgan fingerprint density at radius 1 is 1.13 bits per heavy atom. The van der Waals surface area contributed by atoms with E-state index in [4.69, 9.17) is 9.47 Å². The number of ether oxygens (including phenoxy) is 2. The van der Waals surface area contributed by atoms with Gasteiger partial charge in [-0.2, -0.15) is 0 Å². The van der Waals surface area contributed by atoms with Crippen LogP contribution in [0.5, 0.6) is 17.4 Å². The largest absolute Gasteiger partial charge is 0.481 e. The molecule has 1 N–H and O–H groups in total. The summed E-state index contributed by atoms with van der Waals surface area (Å²) in [6.07, 6.45) is 2.03. The summed E-state index contributed by atoms with van der Waals surface area (Å²) in [6, 6.07) is 16.9. The maximum Gasteiger partial charge on any atom is 0.264 e. The fourth-order valence-electron chi connectivity index (χ4n) is 3.79. The molecule has 7 heteroatoms. The highest BCUT2D eigenvalue weighted by Crippen LogP contribution is 2.44. The lowest BCUT2D eigenvalue weighted by Gasteiger charge is -2.31. The van der Waals surface area contributed by atoms with Crippen LogP contribution >= 0.6 is 0 Å². The van der Waals surface area contributed by atoms with Crippen molar-refractivity contribution in [3.8, 4) is 17.4 Å². The van der Waals surface area contributed by atoms with Crippen molar-refractivity contribution < 1.29 is 19.1 Å². The van der Waals surface area contributed by atoms with E-state index in [2.05, 4.69) is 10.3 Å². The Labute approximate surface area is 173 Å². The van der Waals surface area contributed by atoms with E-state index in [1.165, 1.54) is 0 Å². The number of likely N-dealkylation sites (N-methyl/N-ethyl adjacent to an activating group) is 1. The lowest BCUT2D eigenvalue weighted by molar-refractivity contribution is -0.121. The van der Waals surface area contributed by atoms with E-state index < -0.39 is 0 Å². The van der Waals surface area contributed by atoms with Crippen molar-refractivity contribution in [3.05, 3.63) is 71.9 Å². The van der Waals surface area contributed by atoms with Gasteiger partial charge in [-0.05, 0) is 29.3 Å². The number of hydrogen-bond donors (Lipinski definition) is 1. The van der Waals surface area contributed by atoms with Crippen molar-refractivity contribution in [1.82, 2.24) is 4.98 Å². The zero-order valence-corrected chi connectivity index (χ0v) is 16.3. The maximum absolute atomic E-state index is 12.3. The van der Waals surface area contributed by atoms with Crippen LogP contribution in [-0.2, 0) is 9.59 Å². The minimum absolute atomic E-state index is 0.00748. The number of aromatic nitrogens is 1. The van der Waals surface area contributed by atoms with Crippen molar-refractivity contribution in [2.45, 2.75) is 12.3 Å². The number of carbonyl (C=O) groups excluding carboxylic acids is 2. The first-order valence-electron chi connectivity index (χ1n) is 9.64. The van der Waals surface area contributed by atoms with Crippen LogP contribution in [-0.4, -0.2) is 30.5 Å². The SMILES string of the molecule is CN1C(=O)COc2cc3c(cc21)C(c1ccc(Oc2ccccc2)nc1)CC(=O)N3. The van der Waals surface area contributed by atoms with Crippen molar-refractivity contribution in [2.24, 2.45) is 0 Å². The summed E-state index contributed by atoms with van der Waals surface area (Å²) in [5.74, 6) is 1.42. The van der Waals surface area contributed by atoms with Crippen LogP contribution in [0.25, 0.3) is 0 Å². The van der Waals surface area contributed by atoms with Crippen LogP contribution < -0.4 is 19.7 Å². The molecule has 7 nitrogen and oxygen atoms in total. The summed E-state index contributed by atoms with van der Waals surface area (Å²) in [7, 11) is 1.73. The summed E-state index contributed by atoms with van der Waals surface area (Å²) >= 11 is 0. The lowest BCUT2D eigenvalue weighted by Crippen LogP contribution is -2.36. The normalized spacial score (nSPS) is 17.5. The quantitative estimate of drug-likeness (QED) is 0.724. The number of nitrogens with zero attached hydrogens (tertiary/aromatic N) is 2. The molecule has 0 spiro atoms. The van der Waals surface area contributed by atoms with Gasteiger partial charge in [0.15, 0.2) is 6.61 Å². The van der Waals surface area contributed by atoms with E-state index in [1.807, 2.05) is 42.5 Å². The molecule has 150 valence electrons. The number of pyridine rings is 1. The highest BCUT2D eigenvalue weighted by Gasteiger charge is 2.31. The van der Waals surface area contributed by atoms with Crippen LogP contribution in [0, 0.1) is 0 Å². The first-order chi connectivity index (χ1) is 14.6. The number of nitrogens with one attached hydrogen (secondary N) is 1. The van der Waals surface area contributed by atoms with E-state index >= 15 is 0 Å². The molecule has 2 aliphatic heterocycles. The predicted molar refractivity (Wildman–Crippen MR) is 111 cm³/mol. The van der Waals surface area contributed by atoms with Gasteiger partial charge in [-0.15, -0.1) is 0 Å². The monoisotopic (exact) mass is 401 g/mol. The number of carbonyl (C=O) groups is 2. The summed E-state index contributed by atoms with van der Waals surface area (Å²) < 4.78 is 11.3. The van der Waals surface area contributed by atoms with Gasteiger partial charge in [0.1, 0.15) is 11.5 Å². The molecule has 1 unspecified atom stereocenters. The average molecular weight is 401 g/mol. The van der Waals surface area contributed by atoms with E-state index in [0.717, 1.165) is 11.1 Å². The summed E-state index contributed by atoms with van der Waals surface area (Å²) in [4.78, 5) is 30.4. The Balaban J connectivity index is 1.48. The summed E-state index contributed by atoms with van der Waals surface area (Å²) in [5.41, 5.74) is 3.22. The minimum atomic E-state index is -0.178. The molecule has 0 saturated carbocycles. The molecule has 3 heterocycles. The van der Waals surface area contributed by atoms with E-state index in [9.17, 15) is 9.59 Å². The fourth-order valence-corrected chi connectivity index (χ4v) is 3.79. The Morgan fingerprint density at radius 3 is 2.73 bits per heavy atom. The summed E-state index contributed by atoms with van der Waals surface area (Å²) in [5, 5.41) is 2.91. The van der Waals surface area contributed by atoms with E-state index in [0.29, 0.717) is 35.2 Å². The second-order valence-corrected chi connectivity index (χ2v) is 7.30. The third-order valence-corrected chi connectivity index (χ3v) is 5.38. The Bertz CT molecular complexity index is 1130. The maximum atomic E-state index is 12.3. The fraction of sp³-hybridized carbons (Fsp3) is 0.174. The molecule has 0 radical (unpaired) electrons. The second-order valence-electron chi connectivity index (χ2n) is 7.30. The topological polar surface area (TPSA) is 80.8 Å². The van der Waals surface area contributed by atoms with Crippen LogP contribution in [0.3, 0.4) is 0 Å². The predicted octanol–water partition coefficient (Wildman–Crippen LogP) is 3.70. The minimum Gasteiger partial charge on any atom is -0.481 e. The molecular weight excluding hydrogens is 382 g/mol. The first kappa shape index (κ1) is 18.2. The molecule has 0 bridgehead atoms. The van der Waals surface area contributed by atoms with Crippen molar-refractivity contribution >= 4 is 23.2 Å². The van der Waals surface area contributed by atoms with Gasteiger partial charge in [0, 0.05) is 43.4 Å². The Kier molecular flexibility index (Phi) is 4.35. The molecule has 1 atom stereocenters. The van der Waals surface area contributed by atoms with E-state index in [-0.39, 0.29) is 24.3 Å². The smallest absolute Gasteiger partial charge is 0.264 e. The third kappa shape index (κ3) is 3.24. The van der Waals surface area contributed by atoms with Crippen molar-refractivity contribution in [3.63, 3.8) is 0 Å². The number of rotatable bonds is 3. The van der Waals surface area contributed by atoms with Gasteiger partial charge in [0.05, 0.1) is 5.69 Å². The van der Waals surface area contributed by atoms with Gasteiger partial charge in [0.2, 0.25) is 11.8 Å². The molecule has 0 saturated heterocycles. The molecule has 2 aromatic carbocycles. The molecule has 2 amide bonds. The number of anilines is 2. The molecule has 30 heavy (non-hydrogen) atoms. The van der Waals surface area contributed by atoms with Gasteiger partial charge in [-0.1, -0.05) is 24.3 Å². The van der Waals surface area contributed by atoms with Crippen LogP contribution in [0.15, 0.2) is 60.8 Å². The highest BCUT2D eigenvalue weighted by molar-refractivity contribution is 6.00. The number of para-hydroxylation sites is 1. The average Bonchev–Trinajstić information content (AvgIpc) is 2.76. The summed E-state index contributed by atoms with van der Waals surface area (Å²) in [6.45, 7) is -0.00748. The molecular formula is C23H19N3O4. The molecule has 0 aliphatic carbocycles. The van der Waals surface area contributed by atoms with Crippen molar-refractivity contribution in [1.29, 1.82) is 0 Å². The number of benzene rings is 2. The highest BCUT2D eigenvalue weighted by atomic mass is 16.5. The van der Waals surface area contributed by atoms with Crippen molar-refractivity contribution in [2.75, 3.05) is 23.9 Å². The number of amides is 2. The molecule has 2 aliphatic rings. The van der Waals surface area contributed by atoms with Crippen LogP contribution in [0.4, 0.5) is 11.4 Å². The number of fused-ring (bicyclic) bond motifs is 2. The van der Waals surface area contributed by atoms with Crippen LogP contribution in [0.1, 0.15) is 23.5 Å². The van der Waals surface area contributed by atoms with Gasteiger partial charge >= 0.3 is 0 Å². The van der Waals surface area contributed by atoms with Crippen LogP contribution in [0.2, 0.25) is 0 Å². The Morgan fingerprint density at radius 2 is 1.97 bits per heavy atom. The molecule has 3 aromatic rings. The van der Waals surface area contributed by atoms with Gasteiger partial charge < -0.3 is 19.7 Å². The second kappa shape index (κ2) is 7.18. The first-order valence-corrected chi connectivity index (χ1v) is 9.64. The van der Waals surface area contributed by atoms with Gasteiger partial charge in [-0.3, -0.25) is 9.59 Å². The van der Waals surface area contributed by atoms with Gasteiger partial charge in [0.25, 0.3) is 5.91 Å². The lowest BCUT2D eigenvalue weighted by atomic mass is 9.85. The Hall–Kier alpha value is -3.87. The third-order valence-electron chi connectivity index (χ3n) is 5.38. The number of hydrogen-bond acceptors (Lipinski definition) is 5. The zero-order chi connectivity index (χ0) is 20.7. The zero-order valence-electron chi connectivity index (χ0n) is 16.3. The standard InChI is InChI=1S/C23H19N3O4/c1-26-19-9-17-16(10-21(27)25-18(17)11-20(19)29-13-23(26)28)14-7-8-22(24-12-14)30-15-5-3-2-4-6-15/h2-9,11-12,16H,10,13H2,1H3,(H,25,27). The van der Waals surface area contributed by atoms with Gasteiger partial charge in [-0.25, -0.2) is 4.98 Å². The molecule has 0 fully saturated rings. The molecule has 1 aromatic heterocycles. The molecule has 5 rings (SSSR count). The van der Waals surface area contributed by atoms with E-state index in [1.54, 1.807) is 30.3 Å².